The van der Waals surface area contributed by atoms with E-state index in [4.69, 9.17) is 14.2 Å². The highest BCUT2D eigenvalue weighted by Gasteiger charge is 2.24. The molecule has 3 rings (SSSR count). The van der Waals surface area contributed by atoms with E-state index >= 15 is 0 Å². The minimum absolute atomic E-state index is 0.0238. The smallest absolute Gasteiger partial charge is 0.254 e. The number of anilines is 1. The van der Waals surface area contributed by atoms with Gasteiger partial charge in [-0.3, -0.25) is 4.79 Å². The lowest BCUT2D eigenvalue weighted by Crippen LogP contribution is -2.48. The molecule has 1 amide bonds. The number of unbranched alkanes of at least 4 members (excludes halogenated alkanes) is 1. The van der Waals surface area contributed by atoms with E-state index in [1.165, 1.54) is 0 Å². The molecule has 1 saturated heterocycles. The Labute approximate surface area is 179 Å². The van der Waals surface area contributed by atoms with E-state index in [1.807, 2.05) is 42.2 Å². The Kier molecular flexibility index (Phi) is 7.82. The van der Waals surface area contributed by atoms with Crippen molar-refractivity contribution in [2.75, 3.05) is 51.4 Å². The summed E-state index contributed by atoms with van der Waals surface area (Å²) in [4.78, 5) is 17.2. The highest BCUT2D eigenvalue weighted by Crippen LogP contribution is 2.31. The molecule has 0 spiro atoms. The van der Waals surface area contributed by atoms with Crippen molar-refractivity contribution in [1.82, 2.24) is 4.90 Å². The molecule has 0 radical (unpaired) electrons. The fourth-order valence-corrected chi connectivity index (χ4v) is 3.58. The Morgan fingerprint density at radius 1 is 0.933 bits per heavy atom. The van der Waals surface area contributed by atoms with Gasteiger partial charge in [0.2, 0.25) is 0 Å². The largest absolute Gasteiger partial charge is 0.495 e. The van der Waals surface area contributed by atoms with Crippen molar-refractivity contribution < 1.29 is 19.0 Å². The van der Waals surface area contributed by atoms with Crippen molar-refractivity contribution in [3.8, 4) is 17.2 Å². The summed E-state index contributed by atoms with van der Waals surface area (Å²) < 4.78 is 17.0. The molecule has 0 unspecified atom stereocenters. The second kappa shape index (κ2) is 10.8. The molecule has 162 valence electrons. The summed E-state index contributed by atoms with van der Waals surface area (Å²) in [6, 6.07) is 13.5. The molecule has 30 heavy (non-hydrogen) atoms. The van der Waals surface area contributed by atoms with Crippen LogP contribution in [0, 0.1) is 0 Å². The molecule has 0 aromatic heterocycles. The number of para-hydroxylation sites is 2. The number of methoxy groups -OCH3 is 1. The molecule has 1 fully saturated rings. The van der Waals surface area contributed by atoms with Gasteiger partial charge in [-0.2, -0.15) is 0 Å². The summed E-state index contributed by atoms with van der Waals surface area (Å²) in [6.07, 6.45) is 2.06. The van der Waals surface area contributed by atoms with E-state index in [0.717, 1.165) is 37.4 Å². The summed E-state index contributed by atoms with van der Waals surface area (Å²) in [5, 5.41) is 0. The monoisotopic (exact) mass is 412 g/mol. The Hall–Kier alpha value is -2.89. The zero-order valence-electron chi connectivity index (χ0n) is 18.2. The second-order valence-corrected chi connectivity index (χ2v) is 7.25. The van der Waals surface area contributed by atoms with E-state index < -0.39 is 0 Å². The number of piperazine rings is 1. The van der Waals surface area contributed by atoms with Crippen molar-refractivity contribution >= 4 is 11.6 Å². The van der Waals surface area contributed by atoms with Gasteiger partial charge in [-0.15, -0.1) is 0 Å². The first-order valence-electron chi connectivity index (χ1n) is 10.7. The minimum atomic E-state index is 0.0238. The maximum Gasteiger partial charge on any atom is 0.254 e. The molecule has 2 aromatic carbocycles. The van der Waals surface area contributed by atoms with Crippen molar-refractivity contribution in [2.45, 2.75) is 26.7 Å². The van der Waals surface area contributed by atoms with Gasteiger partial charge in [0.1, 0.15) is 5.75 Å². The molecule has 6 heteroatoms. The van der Waals surface area contributed by atoms with Gasteiger partial charge >= 0.3 is 0 Å². The van der Waals surface area contributed by atoms with Crippen molar-refractivity contribution in [3.05, 3.63) is 48.0 Å². The van der Waals surface area contributed by atoms with Gasteiger partial charge in [0, 0.05) is 31.7 Å². The van der Waals surface area contributed by atoms with Crippen LogP contribution in [0.1, 0.15) is 37.0 Å². The summed E-state index contributed by atoms with van der Waals surface area (Å²) in [5.74, 6) is 2.21. The van der Waals surface area contributed by atoms with Crippen LogP contribution in [0.5, 0.6) is 17.2 Å². The number of hydrogen-bond donors (Lipinski definition) is 0. The molecule has 1 heterocycles. The number of amides is 1. The van der Waals surface area contributed by atoms with Crippen molar-refractivity contribution in [2.24, 2.45) is 0 Å². The average Bonchev–Trinajstić information content (AvgIpc) is 2.80. The number of rotatable bonds is 9. The van der Waals surface area contributed by atoms with E-state index in [2.05, 4.69) is 17.9 Å². The number of carbonyl (C=O) groups is 1. The van der Waals surface area contributed by atoms with Crippen molar-refractivity contribution in [1.29, 1.82) is 0 Å². The summed E-state index contributed by atoms with van der Waals surface area (Å²) in [7, 11) is 1.68. The lowest BCUT2D eigenvalue weighted by atomic mass is 10.1. The van der Waals surface area contributed by atoms with Crippen LogP contribution in [0.15, 0.2) is 42.5 Å². The quantitative estimate of drug-likeness (QED) is 0.577. The lowest BCUT2D eigenvalue weighted by molar-refractivity contribution is 0.0746. The molecule has 6 nitrogen and oxygen atoms in total. The number of benzene rings is 2. The predicted molar refractivity (Wildman–Crippen MR) is 119 cm³/mol. The summed E-state index contributed by atoms with van der Waals surface area (Å²) in [5.41, 5.74) is 1.70. The number of ether oxygens (including phenoxy) is 3. The lowest BCUT2D eigenvalue weighted by Gasteiger charge is -2.36. The molecule has 1 aliphatic rings. The van der Waals surface area contributed by atoms with Gasteiger partial charge < -0.3 is 24.0 Å². The standard InChI is InChI=1S/C24H32N2O4/c1-4-6-17-30-22-12-11-19(18-23(22)29-5-2)24(27)26-15-13-25(14-16-26)20-9-7-8-10-21(20)28-3/h7-12,18H,4-6,13-17H2,1-3H3. The van der Waals surface area contributed by atoms with Gasteiger partial charge in [0.05, 0.1) is 26.0 Å². The van der Waals surface area contributed by atoms with E-state index in [9.17, 15) is 4.79 Å². The van der Waals surface area contributed by atoms with Crippen molar-refractivity contribution in [3.63, 3.8) is 0 Å². The first-order chi connectivity index (χ1) is 14.7. The average molecular weight is 413 g/mol. The van der Waals surface area contributed by atoms with Gasteiger partial charge in [0.15, 0.2) is 11.5 Å². The molecule has 1 aliphatic heterocycles. The predicted octanol–water partition coefficient (Wildman–Crippen LogP) is 4.24. The maximum absolute atomic E-state index is 13.1. The van der Waals surface area contributed by atoms with E-state index in [1.54, 1.807) is 13.2 Å². The first-order valence-corrected chi connectivity index (χ1v) is 10.7. The van der Waals surface area contributed by atoms with Crippen LogP contribution >= 0.6 is 0 Å². The summed E-state index contributed by atoms with van der Waals surface area (Å²) in [6.45, 7) is 8.09. The summed E-state index contributed by atoms with van der Waals surface area (Å²) >= 11 is 0. The van der Waals surface area contributed by atoms with Gasteiger partial charge in [-0.1, -0.05) is 25.5 Å². The third-order valence-corrected chi connectivity index (χ3v) is 5.24. The second-order valence-electron chi connectivity index (χ2n) is 7.25. The van der Waals surface area contributed by atoms with Crippen LogP contribution in [-0.4, -0.2) is 57.3 Å². The molecule has 2 aromatic rings. The third kappa shape index (κ3) is 5.17. The topological polar surface area (TPSA) is 51.2 Å². The third-order valence-electron chi connectivity index (χ3n) is 5.24. The van der Waals surface area contributed by atoms with Gasteiger partial charge in [-0.05, 0) is 43.7 Å². The number of carbonyl (C=O) groups excluding carboxylic acids is 1. The fraction of sp³-hybridized carbons (Fsp3) is 0.458. The Bertz CT molecular complexity index is 832. The van der Waals surface area contributed by atoms with Crippen LogP contribution in [0.3, 0.4) is 0 Å². The molecule has 0 aliphatic carbocycles. The Morgan fingerprint density at radius 3 is 2.40 bits per heavy atom. The molecule has 0 bridgehead atoms. The van der Waals surface area contributed by atoms with Gasteiger partial charge in [-0.25, -0.2) is 0 Å². The van der Waals surface area contributed by atoms with E-state index in [-0.39, 0.29) is 5.91 Å². The molecular formula is C24H32N2O4. The highest BCUT2D eigenvalue weighted by atomic mass is 16.5. The minimum Gasteiger partial charge on any atom is -0.495 e. The maximum atomic E-state index is 13.1. The fourth-order valence-electron chi connectivity index (χ4n) is 3.58. The number of hydrogen-bond acceptors (Lipinski definition) is 5. The zero-order valence-corrected chi connectivity index (χ0v) is 18.2. The Morgan fingerprint density at radius 2 is 1.70 bits per heavy atom. The van der Waals surface area contributed by atoms with Crippen LogP contribution in [0.25, 0.3) is 0 Å². The molecule has 0 N–H and O–H groups in total. The van der Waals surface area contributed by atoms with Crippen LogP contribution in [-0.2, 0) is 0 Å². The zero-order chi connectivity index (χ0) is 21.3. The SMILES string of the molecule is CCCCOc1ccc(C(=O)N2CCN(c3ccccc3OC)CC2)cc1OCC. The van der Waals surface area contributed by atoms with Gasteiger partial charge in [0.25, 0.3) is 5.91 Å². The first kappa shape index (κ1) is 21.8. The van der Waals surface area contributed by atoms with Crippen LogP contribution < -0.4 is 19.1 Å². The molecule has 0 atom stereocenters. The number of nitrogens with zero attached hydrogens (tertiary/aromatic N) is 2. The van der Waals surface area contributed by atoms with Crippen LogP contribution in [0.2, 0.25) is 0 Å². The Balaban J connectivity index is 1.66. The normalized spacial score (nSPS) is 13.8. The highest BCUT2D eigenvalue weighted by molar-refractivity contribution is 5.95. The molecular weight excluding hydrogens is 380 g/mol. The van der Waals surface area contributed by atoms with Crippen LogP contribution in [0.4, 0.5) is 5.69 Å². The molecule has 0 saturated carbocycles. The van der Waals surface area contributed by atoms with E-state index in [0.29, 0.717) is 43.4 Å².